The minimum atomic E-state index is -0.459. The highest BCUT2D eigenvalue weighted by Gasteiger charge is 2.48. The Morgan fingerprint density at radius 1 is 1.39 bits per heavy atom. The lowest BCUT2D eigenvalue weighted by Gasteiger charge is -2.39. The summed E-state index contributed by atoms with van der Waals surface area (Å²) < 4.78 is 5.66. The third kappa shape index (κ3) is 1.63. The van der Waals surface area contributed by atoms with Gasteiger partial charge in [0.15, 0.2) is 5.60 Å². The van der Waals surface area contributed by atoms with Gasteiger partial charge in [-0.05, 0) is 26.0 Å². The maximum absolute atomic E-state index is 11.9. The molecule has 2 aliphatic rings. The standard InChI is InChI=1S/C14H18N2O2/c1-10(2)16-8-5-14(6-9-16)12-11(13(17)18-14)4-3-7-15-12/h3-4,7,10H,5-6,8-9H2,1-2H3. The highest BCUT2D eigenvalue weighted by Crippen LogP contribution is 2.42. The van der Waals surface area contributed by atoms with E-state index < -0.39 is 5.60 Å². The molecule has 0 atom stereocenters. The van der Waals surface area contributed by atoms with Gasteiger partial charge in [-0.1, -0.05) is 0 Å². The lowest BCUT2D eigenvalue weighted by Crippen LogP contribution is -2.45. The van der Waals surface area contributed by atoms with E-state index in [4.69, 9.17) is 4.74 Å². The fraction of sp³-hybridized carbons (Fsp3) is 0.571. The Hall–Kier alpha value is -1.42. The van der Waals surface area contributed by atoms with Crippen molar-refractivity contribution in [3.63, 3.8) is 0 Å². The van der Waals surface area contributed by atoms with Gasteiger partial charge in [0.05, 0.1) is 11.3 Å². The Morgan fingerprint density at radius 3 is 2.78 bits per heavy atom. The maximum Gasteiger partial charge on any atom is 0.341 e. The molecule has 3 heterocycles. The number of hydrogen-bond donors (Lipinski definition) is 0. The van der Waals surface area contributed by atoms with Crippen LogP contribution in [0, 0.1) is 0 Å². The molecule has 0 radical (unpaired) electrons. The monoisotopic (exact) mass is 246 g/mol. The second-order valence-electron chi connectivity index (χ2n) is 5.41. The van der Waals surface area contributed by atoms with Crippen LogP contribution in [0.4, 0.5) is 0 Å². The normalized spacial score (nSPS) is 22.3. The lowest BCUT2D eigenvalue weighted by atomic mass is 9.87. The minimum absolute atomic E-state index is 0.212. The predicted molar refractivity (Wildman–Crippen MR) is 67.3 cm³/mol. The fourth-order valence-corrected chi connectivity index (χ4v) is 2.95. The van der Waals surface area contributed by atoms with Gasteiger partial charge in [0.1, 0.15) is 0 Å². The van der Waals surface area contributed by atoms with Crippen molar-refractivity contribution in [2.24, 2.45) is 0 Å². The summed E-state index contributed by atoms with van der Waals surface area (Å²) in [6.45, 7) is 6.32. The average Bonchev–Trinajstić information content (AvgIpc) is 2.64. The first-order valence-corrected chi connectivity index (χ1v) is 6.55. The molecule has 0 amide bonds. The number of piperidine rings is 1. The second kappa shape index (κ2) is 4.05. The molecule has 0 aliphatic carbocycles. The maximum atomic E-state index is 11.9. The lowest BCUT2D eigenvalue weighted by molar-refractivity contribution is -0.0489. The quantitative estimate of drug-likeness (QED) is 0.710. The number of nitrogens with zero attached hydrogens (tertiary/aromatic N) is 2. The molecule has 1 saturated heterocycles. The molecule has 2 aliphatic heterocycles. The van der Waals surface area contributed by atoms with Gasteiger partial charge in [-0.15, -0.1) is 0 Å². The van der Waals surface area contributed by atoms with Gasteiger partial charge >= 0.3 is 5.97 Å². The van der Waals surface area contributed by atoms with E-state index in [2.05, 4.69) is 23.7 Å². The van der Waals surface area contributed by atoms with E-state index in [1.54, 1.807) is 12.3 Å². The summed E-state index contributed by atoms with van der Waals surface area (Å²) in [5.41, 5.74) is 1.04. The van der Waals surface area contributed by atoms with E-state index in [9.17, 15) is 4.79 Å². The van der Waals surface area contributed by atoms with Crippen molar-refractivity contribution < 1.29 is 9.53 Å². The highest BCUT2D eigenvalue weighted by molar-refractivity contribution is 5.94. The van der Waals surface area contributed by atoms with Crippen LogP contribution in [0.15, 0.2) is 18.3 Å². The molecule has 0 saturated carbocycles. The van der Waals surface area contributed by atoms with E-state index in [1.165, 1.54) is 0 Å². The topological polar surface area (TPSA) is 42.4 Å². The Labute approximate surface area is 107 Å². The summed E-state index contributed by atoms with van der Waals surface area (Å²) in [5.74, 6) is -0.212. The van der Waals surface area contributed by atoms with Crippen LogP contribution in [-0.2, 0) is 10.3 Å². The first kappa shape index (κ1) is 11.7. The van der Waals surface area contributed by atoms with Crippen LogP contribution >= 0.6 is 0 Å². The van der Waals surface area contributed by atoms with Crippen molar-refractivity contribution in [2.75, 3.05) is 13.1 Å². The van der Waals surface area contributed by atoms with Crippen LogP contribution in [0.1, 0.15) is 42.7 Å². The second-order valence-corrected chi connectivity index (χ2v) is 5.41. The molecular weight excluding hydrogens is 228 g/mol. The van der Waals surface area contributed by atoms with Gasteiger partial charge in [-0.2, -0.15) is 0 Å². The van der Waals surface area contributed by atoms with Crippen molar-refractivity contribution in [1.29, 1.82) is 0 Å². The zero-order chi connectivity index (χ0) is 12.8. The van der Waals surface area contributed by atoms with Crippen molar-refractivity contribution in [3.05, 3.63) is 29.6 Å². The number of pyridine rings is 1. The third-order valence-corrected chi connectivity index (χ3v) is 4.08. The van der Waals surface area contributed by atoms with Gasteiger partial charge < -0.3 is 9.64 Å². The number of rotatable bonds is 1. The Bertz CT molecular complexity index is 476. The zero-order valence-electron chi connectivity index (χ0n) is 10.8. The van der Waals surface area contributed by atoms with Crippen LogP contribution in [-0.4, -0.2) is 35.0 Å². The van der Waals surface area contributed by atoms with Gasteiger partial charge in [0.2, 0.25) is 0 Å². The van der Waals surface area contributed by atoms with Crippen molar-refractivity contribution in [3.8, 4) is 0 Å². The van der Waals surface area contributed by atoms with Crippen molar-refractivity contribution in [2.45, 2.75) is 38.3 Å². The molecule has 4 heteroatoms. The Kier molecular flexibility index (Phi) is 2.63. The molecule has 3 rings (SSSR count). The molecule has 18 heavy (non-hydrogen) atoms. The highest BCUT2D eigenvalue weighted by atomic mass is 16.6. The molecule has 0 bridgehead atoms. The Balaban J connectivity index is 1.89. The molecule has 1 aromatic heterocycles. The fourth-order valence-electron chi connectivity index (χ4n) is 2.95. The molecule has 0 unspecified atom stereocenters. The van der Waals surface area contributed by atoms with E-state index in [-0.39, 0.29) is 5.97 Å². The number of hydrogen-bond acceptors (Lipinski definition) is 4. The number of fused-ring (bicyclic) bond motifs is 2. The van der Waals surface area contributed by atoms with Crippen LogP contribution < -0.4 is 0 Å². The molecular formula is C14H18N2O2. The summed E-state index contributed by atoms with van der Waals surface area (Å²) in [5, 5.41) is 0. The van der Waals surface area contributed by atoms with E-state index in [1.807, 2.05) is 6.07 Å². The van der Waals surface area contributed by atoms with Crippen LogP contribution in [0.5, 0.6) is 0 Å². The number of carbonyl (C=O) groups excluding carboxylic acids is 1. The van der Waals surface area contributed by atoms with Gasteiger partial charge in [0, 0.05) is 38.2 Å². The van der Waals surface area contributed by atoms with Gasteiger partial charge in [0.25, 0.3) is 0 Å². The number of carbonyl (C=O) groups is 1. The number of ether oxygens (including phenoxy) is 1. The van der Waals surface area contributed by atoms with E-state index in [0.717, 1.165) is 31.6 Å². The van der Waals surface area contributed by atoms with Crippen LogP contribution in [0.2, 0.25) is 0 Å². The van der Waals surface area contributed by atoms with E-state index >= 15 is 0 Å². The van der Waals surface area contributed by atoms with Crippen LogP contribution in [0.3, 0.4) is 0 Å². The van der Waals surface area contributed by atoms with Crippen molar-refractivity contribution >= 4 is 5.97 Å². The smallest absolute Gasteiger partial charge is 0.341 e. The van der Waals surface area contributed by atoms with Gasteiger partial charge in [-0.25, -0.2) is 4.79 Å². The summed E-state index contributed by atoms with van der Waals surface area (Å²) >= 11 is 0. The minimum Gasteiger partial charge on any atom is -0.449 e. The molecule has 0 N–H and O–H groups in total. The third-order valence-electron chi connectivity index (χ3n) is 4.08. The number of aromatic nitrogens is 1. The summed E-state index contributed by atoms with van der Waals surface area (Å²) in [7, 11) is 0. The molecule has 1 aromatic rings. The first-order valence-electron chi connectivity index (χ1n) is 6.55. The molecule has 1 spiro atoms. The largest absolute Gasteiger partial charge is 0.449 e. The van der Waals surface area contributed by atoms with Crippen molar-refractivity contribution in [1.82, 2.24) is 9.88 Å². The SMILES string of the molecule is CC(C)N1CCC2(CC1)OC(=O)c1cccnc12. The molecule has 96 valence electrons. The van der Waals surface area contributed by atoms with Crippen LogP contribution in [0.25, 0.3) is 0 Å². The molecule has 1 fully saturated rings. The van der Waals surface area contributed by atoms with E-state index in [0.29, 0.717) is 11.6 Å². The molecule has 4 nitrogen and oxygen atoms in total. The molecule has 0 aromatic carbocycles. The summed E-state index contributed by atoms with van der Waals surface area (Å²) in [6, 6.07) is 4.15. The number of likely N-dealkylation sites (tertiary alicyclic amines) is 1. The number of esters is 1. The summed E-state index contributed by atoms with van der Waals surface area (Å²) in [4.78, 5) is 18.7. The first-order chi connectivity index (χ1) is 8.62. The summed E-state index contributed by atoms with van der Waals surface area (Å²) in [6.07, 6.45) is 3.44. The predicted octanol–water partition coefficient (Wildman–Crippen LogP) is 1.95. The zero-order valence-corrected chi connectivity index (χ0v) is 10.8. The average molecular weight is 246 g/mol. The Morgan fingerprint density at radius 2 is 2.11 bits per heavy atom. The van der Waals surface area contributed by atoms with Gasteiger partial charge in [-0.3, -0.25) is 4.98 Å².